The standard InChI is InChI=1S/C16H11Br2NO/c1-2-8-20-16-12(9-13(17)10-15(16)18)11-19-14-6-4-3-5-7-14/h1,3-7,9-11H,8H2. The Kier molecular flexibility index (Phi) is 5.40. The normalized spacial score (nSPS) is 10.4. The fourth-order valence-electron chi connectivity index (χ4n) is 1.60. The lowest BCUT2D eigenvalue weighted by molar-refractivity contribution is 0.367. The van der Waals surface area contributed by atoms with E-state index in [0.717, 1.165) is 20.2 Å². The van der Waals surface area contributed by atoms with Crippen LogP contribution in [0.3, 0.4) is 0 Å². The molecular weight excluding hydrogens is 382 g/mol. The zero-order valence-electron chi connectivity index (χ0n) is 10.5. The Balaban J connectivity index is 2.35. The van der Waals surface area contributed by atoms with Crippen molar-refractivity contribution < 1.29 is 4.74 Å². The Hall–Kier alpha value is -1.57. The van der Waals surface area contributed by atoms with E-state index in [0.29, 0.717) is 5.75 Å². The zero-order valence-corrected chi connectivity index (χ0v) is 13.7. The van der Waals surface area contributed by atoms with Crippen LogP contribution in [0.2, 0.25) is 0 Å². The van der Waals surface area contributed by atoms with Gasteiger partial charge in [-0.05, 0) is 40.2 Å². The lowest BCUT2D eigenvalue weighted by atomic mass is 10.2. The van der Waals surface area contributed by atoms with Crippen molar-refractivity contribution in [3.8, 4) is 18.1 Å². The predicted octanol–water partition coefficient (Wildman–Crippen LogP) is 4.97. The maximum Gasteiger partial charge on any atom is 0.148 e. The molecule has 100 valence electrons. The highest BCUT2D eigenvalue weighted by Crippen LogP contribution is 2.32. The van der Waals surface area contributed by atoms with Crippen molar-refractivity contribution in [3.63, 3.8) is 0 Å². The molecule has 2 aromatic rings. The predicted molar refractivity (Wildman–Crippen MR) is 89.9 cm³/mol. The molecule has 2 aromatic carbocycles. The van der Waals surface area contributed by atoms with Crippen molar-refractivity contribution >= 4 is 43.8 Å². The molecule has 0 amide bonds. The second-order valence-corrected chi connectivity index (χ2v) is 5.66. The van der Waals surface area contributed by atoms with Crippen LogP contribution in [-0.4, -0.2) is 12.8 Å². The summed E-state index contributed by atoms with van der Waals surface area (Å²) in [6.45, 7) is 0.215. The van der Waals surface area contributed by atoms with E-state index < -0.39 is 0 Å². The van der Waals surface area contributed by atoms with Gasteiger partial charge in [0.05, 0.1) is 10.2 Å². The molecule has 0 saturated heterocycles. The van der Waals surface area contributed by atoms with Crippen LogP contribution in [0.15, 0.2) is 56.4 Å². The highest BCUT2D eigenvalue weighted by atomic mass is 79.9. The maximum absolute atomic E-state index is 5.57. The van der Waals surface area contributed by atoms with E-state index in [2.05, 4.69) is 42.8 Å². The zero-order chi connectivity index (χ0) is 14.4. The van der Waals surface area contributed by atoms with Crippen molar-refractivity contribution in [1.29, 1.82) is 0 Å². The number of terminal acetylenes is 1. The smallest absolute Gasteiger partial charge is 0.148 e. The SMILES string of the molecule is C#CCOc1c(Br)cc(Br)cc1C=Nc1ccccc1. The molecule has 0 fully saturated rings. The van der Waals surface area contributed by atoms with E-state index >= 15 is 0 Å². The number of ether oxygens (including phenoxy) is 1. The van der Waals surface area contributed by atoms with Crippen LogP contribution in [0.4, 0.5) is 5.69 Å². The molecule has 0 aliphatic heterocycles. The molecule has 0 aromatic heterocycles. The van der Waals surface area contributed by atoms with Crippen LogP contribution in [-0.2, 0) is 0 Å². The summed E-state index contributed by atoms with van der Waals surface area (Å²) in [6.07, 6.45) is 7.00. The van der Waals surface area contributed by atoms with Gasteiger partial charge in [-0.2, -0.15) is 0 Å². The van der Waals surface area contributed by atoms with E-state index in [1.807, 2.05) is 42.5 Å². The lowest BCUT2D eigenvalue weighted by Gasteiger charge is -2.09. The summed E-state index contributed by atoms with van der Waals surface area (Å²) in [5.41, 5.74) is 1.73. The first kappa shape index (κ1) is 14.8. The molecule has 0 N–H and O–H groups in total. The van der Waals surface area contributed by atoms with Crippen LogP contribution < -0.4 is 4.74 Å². The van der Waals surface area contributed by atoms with Crippen molar-refractivity contribution in [2.24, 2.45) is 4.99 Å². The van der Waals surface area contributed by atoms with Crippen LogP contribution >= 0.6 is 31.9 Å². The van der Waals surface area contributed by atoms with E-state index in [9.17, 15) is 0 Å². The Morgan fingerprint density at radius 2 is 1.95 bits per heavy atom. The minimum absolute atomic E-state index is 0.215. The van der Waals surface area contributed by atoms with Gasteiger partial charge in [0.15, 0.2) is 0 Å². The van der Waals surface area contributed by atoms with Gasteiger partial charge in [-0.25, -0.2) is 0 Å². The Morgan fingerprint density at radius 1 is 1.20 bits per heavy atom. The first-order valence-corrected chi connectivity index (χ1v) is 7.43. The van der Waals surface area contributed by atoms with Gasteiger partial charge in [0.1, 0.15) is 12.4 Å². The molecule has 2 rings (SSSR count). The van der Waals surface area contributed by atoms with Gasteiger partial charge in [0, 0.05) is 16.3 Å². The fourth-order valence-corrected chi connectivity index (χ4v) is 2.97. The lowest BCUT2D eigenvalue weighted by Crippen LogP contribution is -1.98. The Labute approximate surface area is 135 Å². The molecule has 0 heterocycles. The Bertz CT molecular complexity index is 660. The summed E-state index contributed by atoms with van der Waals surface area (Å²) in [5.74, 6) is 3.15. The molecule has 0 bridgehead atoms. The third kappa shape index (κ3) is 3.96. The highest BCUT2D eigenvalue weighted by Gasteiger charge is 2.08. The molecule has 0 unspecified atom stereocenters. The van der Waals surface area contributed by atoms with Gasteiger partial charge in [0.25, 0.3) is 0 Å². The van der Waals surface area contributed by atoms with Gasteiger partial charge < -0.3 is 4.74 Å². The summed E-state index contributed by atoms with van der Waals surface area (Å²) < 4.78 is 7.33. The summed E-state index contributed by atoms with van der Waals surface area (Å²) in [7, 11) is 0. The average molecular weight is 393 g/mol. The van der Waals surface area contributed by atoms with Gasteiger partial charge in [0.2, 0.25) is 0 Å². The van der Waals surface area contributed by atoms with Crippen LogP contribution in [0.5, 0.6) is 5.75 Å². The topological polar surface area (TPSA) is 21.6 Å². The van der Waals surface area contributed by atoms with E-state index in [1.165, 1.54) is 0 Å². The molecule has 4 heteroatoms. The molecule has 0 aliphatic rings. The summed E-state index contributed by atoms with van der Waals surface area (Å²) in [6, 6.07) is 13.6. The number of benzene rings is 2. The van der Waals surface area contributed by atoms with E-state index in [4.69, 9.17) is 11.2 Å². The number of aliphatic imine (C=N–C) groups is 1. The van der Waals surface area contributed by atoms with E-state index in [1.54, 1.807) is 6.21 Å². The second-order valence-electron chi connectivity index (χ2n) is 3.89. The molecule has 0 atom stereocenters. The number of nitrogens with zero attached hydrogens (tertiary/aromatic N) is 1. The second kappa shape index (κ2) is 7.28. The minimum atomic E-state index is 0.215. The highest BCUT2D eigenvalue weighted by molar-refractivity contribution is 9.11. The molecule has 20 heavy (non-hydrogen) atoms. The summed E-state index contributed by atoms with van der Waals surface area (Å²) in [4.78, 5) is 4.43. The van der Waals surface area contributed by atoms with Crippen LogP contribution in [0.1, 0.15) is 5.56 Å². The molecular formula is C16H11Br2NO. The third-order valence-corrected chi connectivity index (χ3v) is 3.49. The minimum Gasteiger partial charge on any atom is -0.479 e. The molecule has 0 saturated carbocycles. The Morgan fingerprint density at radius 3 is 2.65 bits per heavy atom. The largest absolute Gasteiger partial charge is 0.479 e. The number of rotatable bonds is 4. The molecule has 2 nitrogen and oxygen atoms in total. The molecule has 0 radical (unpaired) electrons. The number of halogens is 2. The third-order valence-electron chi connectivity index (χ3n) is 2.45. The van der Waals surface area contributed by atoms with Crippen molar-refractivity contribution in [2.45, 2.75) is 0 Å². The number of hydrogen-bond donors (Lipinski definition) is 0. The fraction of sp³-hybridized carbons (Fsp3) is 0.0625. The number of hydrogen-bond acceptors (Lipinski definition) is 2. The van der Waals surface area contributed by atoms with E-state index in [-0.39, 0.29) is 6.61 Å². The molecule has 0 aliphatic carbocycles. The summed E-state index contributed by atoms with van der Waals surface area (Å²) >= 11 is 6.92. The molecule has 0 spiro atoms. The van der Waals surface area contributed by atoms with Crippen molar-refractivity contribution in [3.05, 3.63) is 57.0 Å². The van der Waals surface area contributed by atoms with Gasteiger partial charge in [-0.3, -0.25) is 4.99 Å². The van der Waals surface area contributed by atoms with Crippen molar-refractivity contribution in [1.82, 2.24) is 0 Å². The van der Waals surface area contributed by atoms with Crippen LogP contribution in [0.25, 0.3) is 0 Å². The average Bonchev–Trinajstić information content (AvgIpc) is 2.45. The van der Waals surface area contributed by atoms with Gasteiger partial charge in [-0.1, -0.05) is 40.0 Å². The van der Waals surface area contributed by atoms with Crippen LogP contribution in [0, 0.1) is 12.3 Å². The first-order valence-electron chi connectivity index (χ1n) is 5.85. The monoisotopic (exact) mass is 391 g/mol. The quantitative estimate of drug-likeness (QED) is 0.531. The number of para-hydroxylation sites is 1. The van der Waals surface area contributed by atoms with Crippen molar-refractivity contribution in [2.75, 3.05) is 6.61 Å². The maximum atomic E-state index is 5.57. The van der Waals surface area contributed by atoms with Gasteiger partial charge >= 0.3 is 0 Å². The summed E-state index contributed by atoms with van der Waals surface area (Å²) in [5, 5.41) is 0. The van der Waals surface area contributed by atoms with Gasteiger partial charge in [-0.15, -0.1) is 6.42 Å². The first-order chi connectivity index (χ1) is 9.70.